The summed E-state index contributed by atoms with van der Waals surface area (Å²) in [6, 6.07) is 2.98. The Bertz CT molecular complexity index is 976. The first-order valence-corrected chi connectivity index (χ1v) is 8.07. The van der Waals surface area contributed by atoms with Gasteiger partial charge in [-0.25, -0.2) is 23.7 Å². The Labute approximate surface area is 146 Å². The van der Waals surface area contributed by atoms with Crippen molar-refractivity contribution in [1.29, 1.82) is 0 Å². The van der Waals surface area contributed by atoms with E-state index in [4.69, 9.17) is 11.6 Å². The molecule has 0 radical (unpaired) electrons. The van der Waals surface area contributed by atoms with E-state index in [0.29, 0.717) is 17.9 Å². The van der Waals surface area contributed by atoms with Gasteiger partial charge < -0.3 is 10.0 Å². The molecule has 1 aliphatic rings. The molecule has 25 heavy (non-hydrogen) atoms. The van der Waals surface area contributed by atoms with E-state index >= 15 is 0 Å². The second-order valence-electron chi connectivity index (χ2n) is 5.80. The number of aromatic nitrogens is 4. The fourth-order valence-electron chi connectivity index (χ4n) is 3.21. The van der Waals surface area contributed by atoms with Crippen LogP contribution >= 0.6 is 11.6 Å². The van der Waals surface area contributed by atoms with Crippen LogP contribution in [0.25, 0.3) is 5.65 Å². The van der Waals surface area contributed by atoms with Crippen molar-refractivity contribution in [3.63, 3.8) is 0 Å². The largest absolute Gasteiger partial charge is 0.477 e. The monoisotopic (exact) mass is 361 g/mol. The molecule has 0 unspecified atom stereocenters. The van der Waals surface area contributed by atoms with Gasteiger partial charge in [-0.05, 0) is 25.0 Å². The van der Waals surface area contributed by atoms with E-state index in [2.05, 4.69) is 15.1 Å². The van der Waals surface area contributed by atoms with Gasteiger partial charge in [0, 0.05) is 18.3 Å². The van der Waals surface area contributed by atoms with Crippen molar-refractivity contribution in [2.75, 3.05) is 11.4 Å². The molecule has 0 spiro atoms. The van der Waals surface area contributed by atoms with Gasteiger partial charge in [-0.2, -0.15) is 5.10 Å². The Balaban J connectivity index is 1.77. The van der Waals surface area contributed by atoms with Crippen LogP contribution in [0.15, 0.2) is 30.7 Å². The molecular formula is C16H13ClFN5O2. The van der Waals surface area contributed by atoms with Gasteiger partial charge in [0.05, 0.1) is 18.4 Å². The molecule has 1 fully saturated rings. The summed E-state index contributed by atoms with van der Waals surface area (Å²) in [5.41, 5.74) is 0.898. The molecule has 1 atom stereocenters. The minimum Gasteiger partial charge on any atom is -0.477 e. The van der Waals surface area contributed by atoms with Crippen LogP contribution in [0, 0.1) is 5.82 Å². The van der Waals surface area contributed by atoms with Gasteiger partial charge in [-0.3, -0.25) is 0 Å². The fourth-order valence-corrected chi connectivity index (χ4v) is 3.44. The minimum atomic E-state index is -1.09. The van der Waals surface area contributed by atoms with Gasteiger partial charge in [-0.15, -0.1) is 0 Å². The first-order valence-electron chi connectivity index (χ1n) is 7.70. The van der Waals surface area contributed by atoms with Crippen molar-refractivity contribution in [2.45, 2.75) is 18.9 Å². The van der Waals surface area contributed by atoms with Crippen LogP contribution in [-0.4, -0.2) is 37.2 Å². The number of carboxylic acid groups (broad SMARTS) is 1. The highest BCUT2D eigenvalue weighted by Gasteiger charge is 2.30. The van der Waals surface area contributed by atoms with Crippen LogP contribution in [0.2, 0.25) is 5.15 Å². The predicted molar refractivity (Wildman–Crippen MR) is 88.5 cm³/mol. The number of halogens is 2. The topological polar surface area (TPSA) is 83.6 Å². The molecule has 128 valence electrons. The van der Waals surface area contributed by atoms with Gasteiger partial charge in [-0.1, -0.05) is 11.6 Å². The number of fused-ring (bicyclic) bond motifs is 1. The molecule has 1 saturated heterocycles. The van der Waals surface area contributed by atoms with Crippen molar-refractivity contribution < 1.29 is 14.3 Å². The lowest BCUT2D eigenvalue weighted by molar-refractivity contribution is 0.0699. The minimum absolute atomic E-state index is 0.0306. The third-order valence-electron chi connectivity index (χ3n) is 4.32. The fraction of sp³-hybridized carbons (Fsp3) is 0.250. The number of pyridine rings is 1. The lowest BCUT2D eigenvalue weighted by Crippen LogP contribution is -2.24. The number of nitrogens with zero attached hydrogens (tertiary/aromatic N) is 5. The maximum atomic E-state index is 13.6. The van der Waals surface area contributed by atoms with E-state index < -0.39 is 11.8 Å². The number of carboxylic acids is 1. The van der Waals surface area contributed by atoms with Gasteiger partial charge in [0.1, 0.15) is 22.4 Å². The lowest BCUT2D eigenvalue weighted by Gasteiger charge is -2.26. The molecular weight excluding hydrogens is 349 g/mol. The molecule has 9 heteroatoms. The van der Waals surface area contributed by atoms with Gasteiger partial charge >= 0.3 is 5.97 Å². The molecule has 0 aromatic carbocycles. The zero-order valence-corrected chi connectivity index (χ0v) is 13.7. The quantitative estimate of drug-likeness (QED) is 0.722. The first kappa shape index (κ1) is 15.8. The standard InChI is InChI=1S/C16H13ClFN5O2/c17-14-10(6-9(18)7-19-14)12-2-1-4-22(12)13-3-5-23-15(21-13)11(8-20-23)16(24)25/h3,5-8,12H,1-2,4H2,(H,24,25)/t12-/m1/s1. The predicted octanol–water partition coefficient (Wildman–Crippen LogP) is 2.96. The maximum Gasteiger partial charge on any atom is 0.341 e. The summed E-state index contributed by atoms with van der Waals surface area (Å²) in [6.45, 7) is 0.706. The molecule has 0 bridgehead atoms. The third-order valence-corrected chi connectivity index (χ3v) is 4.64. The Morgan fingerprint density at radius 1 is 1.40 bits per heavy atom. The Morgan fingerprint density at radius 3 is 3.04 bits per heavy atom. The van der Waals surface area contributed by atoms with E-state index in [1.54, 1.807) is 12.3 Å². The van der Waals surface area contributed by atoms with E-state index in [0.717, 1.165) is 19.0 Å². The Morgan fingerprint density at radius 2 is 2.24 bits per heavy atom. The number of rotatable bonds is 3. The normalized spacial score (nSPS) is 17.4. The highest BCUT2D eigenvalue weighted by molar-refractivity contribution is 6.30. The average Bonchev–Trinajstić information content (AvgIpc) is 3.22. The summed E-state index contributed by atoms with van der Waals surface area (Å²) in [6.07, 6.45) is 5.67. The van der Waals surface area contributed by atoms with E-state index in [1.165, 1.54) is 16.8 Å². The molecule has 0 saturated carbocycles. The zero-order chi connectivity index (χ0) is 17.6. The number of hydrogen-bond acceptors (Lipinski definition) is 5. The summed E-state index contributed by atoms with van der Waals surface area (Å²) in [5, 5.41) is 13.5. The molecule has 0 amide bonds. The van der Waals surface area contributed by atoms with E-state index in [1.807, 2.05) is 4.90 Å². The van der Waals surface area contributed by atoms with E-state index in [-0.39, 0.29) is 22.4 Å². The second kappa shape index (κ2) is 5.96. The summed E-state index contributed by atoms with van der Waals surface area (Å²) in [4.78, 5) is 21.6. The molecule has 4 heterocycles. The molecule has 4 rings (SSSR count). The summed E-state index contributed by atoms with van der Waals surface area (Å²) in [5.74, 6) is -0.938. The molecule has 0 aliphatic carbocycles. The average molecular weight is 362 g/mol. The van der Waals surface area contributed by atoms with Crippen LogP contribution < -0.4 is 4.90 Å². The highest BCUT2D eigenvalue weighted by atomic mass is 35.5. The van der Waals surface area contributed by atoms with Crippen molar-refractivity contribution in [2.24, 2.45) is 0 Å². The molecule has 3 aromatic heterocycles. The van der Waals surface area contributed by atoms with Crippen LogP contribution in [0.3, 0.4) is 0 Å². The van der Waals surface area contributed by atoms with Crippen molar-refractivity contribution in [3.8, 4) is 0 Å². The number of carbonyl (C=O) groups is 1. The maximum absolute atomic E-state index is 13.6. The van der Waals surface area contributed by atoms with Crippen LogP contribution in [0.4, 0.5) is 10.2 Å². The van der Waals surface area contributed by atoms with E-state index in [9.17, 15) is 14.3 Å². The smallest absolute Gasteiger partial charge is 0.341 e. The van der Waals surface area contributed by atoms with Crippen molar-refractivity contribution in [1.82, 2.24) is 19.6 Å². The van der Waals surface area contributed by atoms with Crippen LogP contribution in [0.5, 0.6) is 0 Å². The second-order valence-corrected chi connectivity index (χ2v) is 6.16. The molecule has 1 aliphatic heterocycles. The van der Waals surface area contributed by atoms with Gasteiger partial charge in [0.2, 0.25) is 0 Å². The number of aromatic carboxylic acids is 1. The summed E-state index contributed by atoms with van der Waals surface area (Å²) in [7, 11) is 0. The van der Waals surface area contributed by atoms with Crippen LogP contribution in [-0.2, 0) is 0 Å². The van der Waals surface area contributed by atoms with Crippen LogP contribution in [0.1, 0.15) is 34.8 Å². The van der Waals surface area contributed by atoms with Gasteiger partial charge in [0.15, 0.2) is 5.65 Å². The van der Waals surface area contributed by atoms with Crippen molar-refractivity contribution >= 4 is 29.0 Å². The Kier molecular flexibility index (Phi) is 3.76. The van der Waals surface area contributed by atoms with Gasteiger partial charge in [0.25, 0.3) is 0 Å². The SMILES string of the molecule is O=C(O)c1cnn2ccc(N3CCC[C@@H]3c3cc(F)cnc3Cl)nc12. The zero-order valence-electron chi connectivity index (χ0n) is 12.9. The first-order chi connectivity index (χ1) is 12.0. The third kappa shape index (κ3) is 2.68. The molecule has 3 aromatic rings. The lowest BCUT2D eigenvalue weighted by atomic mass is 10.1. The van der Waals surface area contributed by atoms with Crippen molar-refractivity contribution in [3.05, 3.63) is 52.8 Å². The number of anilines is 1. The molecule has 7 nitrogen and oxygen atoms in total. The summed E-state index contributed by atoms with van der Waals surface area (Å²) >= 11 is 6.16. The highest BCUT2D eigenvalue weighted by Crippen LogP contribution is 2.38. The number of hydrogen-bond donors (Lipinski definition) is 1. The summed E-state index contributed by atoms with van der Waals surface area (Å²) < 4.78 is 15.0. The molecule has 1 N–H and O–H groups in total. The Hall–Kier alpha value is -2.74.